The molecule has 2 aliphatic rings. The summed E-state index contributed by atoms with van der Waals surface area (Å²) in [4.78, 5) is 7.59. The second-order valence-corrected chi connectivity index (χ2v) is 8.43. The fraction of sp³-hybridized carbons (Fsp3) is 0.414. The third kappa shape index (κ3) is 6.35. The van der Waals surface area contributed by atoms with Crippen LogP contribution in [0.2, 0.25) is 0 Å². The van der Waals surface area contributed by atoms with Crippen LogP contribution < -0.4 is 15.5 Å². The van der Waals surface area contributed by atoms with Gasteiger partial charge in [-0.1, -0.05) is 44.7 Å². The summed E-state index contributed by atoms with van der Waals surface area (Å²) < 4.78 is 0. The second-order valence-electron chi connectivity index (χ2n) is 8.43. The lowest BCUT2D eigenvalue weighted by molar-refractivity contribution is 0.725. The number of hydrogen-bond acceptors (Lipinski definition) is 4. The van der Waals surface area contributed by atoms with Gasteiger partial charge in [-0.15, -0.1) is 0 Å². The van der Waals surface area contributed by atoms with Crippen LogP contribution in [0.15, 0.2) is 55.2 Å². The lowest BCUT2D eigenvalue weighted by Gasteiger charge is -2.21. The Kier molecular flexibility index (Phi) is 9.32. The summed E-state index contributed by atoms with van der Waals surface area (Å²) in [7, 11) is 3.82. The van der Waals surface area contributed by atoms with Gasteiger partial charge in [-0.05, 0) is 86.8 Å². The molecule has 0 bridgehead atoms. The molecule has 1 saturated heterocycles. The number of rotatable bonds is 7. The number of fused-ring (bicyclic) bond motifs is 2. The zero-order chi connectivity index (χ0) is 23.6. The van der Waals surface area contributed by atoms with Crippen LogP contribution in [0.1, 0.15) is 49.8 Å². The van der Waals surface area contributed by atoms with Crippen molar-refractivity contribution in [3.63, 3.8) is 0 Å². The van der Waals surface area contributed by atoms with Crippen molar-refractivity contribution < 1.29 is 0 Å². The first-order chi connectivity index (χ1) is 16.2. The second kappa shape index (κ2) is 12.4. The molecule has 4 nitrogen and oxygen atoms in total. The molecular formula is C29H40N4. The molecule has 4 heteroatoms. The van der Waals surface area contributed by atoms with Gasteiger partial charge in [-0.2, -0.15) is 0 Å². The van der Waals surface area contributed by atoms with Crippen molar-refractivity contribution in [1.29, 1.82) is 0 Å². The Hall–Kier alpha value is -2.85. The van der Waals surface area contributed by atoms with Gasteiger partial charge in [0.2, 0.25) is 0 Å². The van der Waals surface area contributed by atoms with E-state index in [1.54, 1.807) is 6.20 Å². The Balaban J connectivity index is 0.000000464. The lowest BCUT2D eigenvalue weighted by Crippen LogP contribution is -2.18. The molecule has 1 aliphatic heterocycles. The summed E-state index contributed by atoms with van der Waals surface area (Å²) in [6, 6.07) is 16.0. The van der Waals surface area contributed by atoms with Gasteiger partial charge in [0.15, 0.2) is 0 Å². The summed E-state index contributed by atoms with van der Waals surface area (Å²) in [6.07, 6.45) is 7.66. The molecule has 2 N–H and O–H groups in total. The van der Waals surface area contributed by atoms with Crippen LogP contribution >= 0.6 is 0 Å². The quantitative estimate of drug-likeness (QED) is 0.346. The maximum absolute atomic E-state index is 5.04. The molecule has 176 valence electrons. The SMILES string of the molecule is C=CNC.CC.CNCCCc1ccc(-c2cc(N3CCCC3)c3cc4c(cc3n2)C4)cc1. The highest BCUT2D eigenvalue weighted by Crippen LogP contribution is 2.38. The zero-order valence-electron chi connectivity index (χ0n) is 20.9. The first-order valence-corrected chi connectivity index (χ1v) is 12.5. The minimum atomic E-state index is 1.07. The third-order valence-electron chi connectivity index (χ3n) is 6.16. The van der Waals surface area contributed by atoms with Crippen LogP contribution in [0.4, 0.5) is 5.69 Å². The Morgan fingerprint density at radius 1 is 1.00 bits per heavy atom. The topological polar surface area (TPSA) is 40.2 Å². The molecule has 1 aliphatic carbocycles. The predicted molar refractivity (Wildman–Crippen MR) is 144 cm³/mol. The molecular weight excluding hydrogens is 404 g/mol. The number of hydrogen-bond donors (Lipinski definition) is 2. The van der Waals surface area contributed by atoms with Gasteiger partial charge in [-0.25, -0.2) is 4.98 Å². The Labute approximate surface area is 200 Å². The number of benzene rings is 2. The Bertz CT molecular complexity index is 1030. The van der Waals surface area contributed by atoms with Crippen LogP contribution in [0.3, 0.4) is 0 Å². The van der Waals surface area contributed by atoms with Gasteiger partial charge in [0.05, 0.1) is 11.2 Å². The maximum Gasteiger partial charge on any atom is 0.0733 e. The maximum atomic E-state index is 5.04. The average Bonchev–Trinajstić information content (AvgIpc) is 3.41. The largest absolute Gasteiger partial charge is 0.394 e. The van der Waals surface area contributed by atoms with Gasteiger partial charge in [0.25, 0.3) is 0 Å². The van der Waals surface area contributed by atoms with E-state index >= 15 is 0 Å². The van der Waals surface area contributed by atoms with E-state index in [9.17, 15) is 0 Å². The first kappa shape index (κ1) is 24.8. The van der Waals surface area contributed by atoms with Crippen molar-refractivity contribution in [3.05, 3.63) is 71.9 Å². The molecule has 2 heterocycles. The summed E-state index contributed by atoms with van der Waals surface area (Å²) >= 11 is 0. The van der Waals surface area contributed by atoms with Gasteiger partial charge in [-0.3, -0.25) is 0 Å². The normalized spacial score (nSPS) is 13.4. The molecule has 0 spiro atoms. The van der Waals surface area contributed by atoms with Gasteiger partial charge in [0.1, 0.15) is 0 Å². The number of pyridine rings is 1. The summed E-state index contributed by atoms with van der Waals surface area (Å²) in [6.45, 7) is 10.8. The Morgan fingerprint density at radius 2 is 1.67 bits per heavy atom. The van der Waals surface area contributed by atoms with E-state index < -0.39 is 0 Å². The Morgan fingerprint density at radius 3 is 2.30 bits per heavy atom. The molecule has 5 rings (SSSR count). The first-order valence-electron chi connectivity index (χ1n) is 12.5. The van der Waals surface area contributed by atoms with Crippen LogP contribution in [0.25, 0.3) is 22.2 Å². The zero-order valence-corrected chi connectivity index (χ0v) is 20.9. The smallest absolute Gasteiger partial charge is 0.0733 e. The highest BCUT2D eigenvalue weighted by Gasteiger charge is 2.22. The summed E-state index contributed by atoms with van der Waals surface area (Å²) in [5.74, 6) is 0. The molecule has 2 aromatic carbocycles. The van der Waals surface area contributed by atoms with Crippen LogP contribution in [0.5, 0.6) is 0 Å². The molecule has 1 fully saturated rings. The average molecular weight is 445 g/mol. The fourth-order valence-electron chi connectivity index (χ4n) is 4.29. The van der Waals surface area contributed by atoms with E-state index in [0.29, 0.717) is 0 Å². The molecule has 0 unspecified atom stereocenters. The molecule has 33 heavy (non-hydrogen) atoms. The van der Waals surface area contributed by atoms with Gasteiger partial charge >= 0.3 is 0 Å². The van der Waals surface area contributed by atoms with Crippen molar-refractivity contribution in [2.24, 2.45) is 0 Å². The predicted octanol–water partition coefficient (Wildman–Crippen LogP) is 5.93. The van der Waals surface area contributed by atoms with E-state index in [1.807, 2.05) is 27.9 Å². The minimum Gasteiger partial charge on any atom is -0.394 e. The molecule has 0 amide bonds. The van der Waals surface area contributed by atoms with Crippen molar-refractivity contribution in [2.45, 2.75) is 46.0 Å². The van der Waals surface area contributed by atoms with E-state index in [-0.39, 0.29) is 0 Å². The van der Waals surface area contributed by atoms with Crippen LogP contribution in [-0.4, -0.2) is 38.7 Å². The molecule has 0 radical (unpaired) electrons. The molecule has 3 aromatic rings. The monoisotopic (exact) mass is 444 g/mol. The fourth-order valence-corrected chi connectivity index (χ4v) is 4.29. The molecule has 1 aromatic heterocycles. The lowest BCUT2D eigenvalue weighted by atomic mass is 10.0. The number of nitrogens with one attached hydrogen (secondary N) is 2. The van der Waals surface area contributed by atoms with Crippen molar-refractivity contribution in [3.8, 4) is 11.3 Å². The minimum absolute atomic E-state index is 1.07. The van der Waals surface area contributed by atoms with Crippen molar-refractivity contribution >= 4 is 16.6 Å². The van der Waals surface area contributed by atoms with E-state index in [1.165, 1.54) is 65.7 Å². The van der Waals surface area contributed by atoms with Crippen LogP contribution in [0, 0.1) is 0 Å². The number of aromatic nitrogens is 1. The molecule has 0 atom stereocenters. The standard InChI is InChI=1S/C24H27N3.C3H7N.C2H6/c1-25-10-4-5-17-6-8-18(9-7-17)22-16-24(27-11-2-3-12-27)21-14-19-13-20(19)15-23(21)26-22;1-3-4-2;1-2/h6-9,14-16,25H,2-5,10-13H2,1H3;3-4H,1H2,2H3;1-2H3. The third-order valence-corrected chi connectivity index (χ3v) is 6.16. The summed E-state index contributed by atoms with van der Waals surface area (Å²) in [5.41, 5.74) is 9.23. The van der Waals surface area contributed by atoms with E-state index in [2.05, 4.69) is 64.6 Å². The van der Waals surface area contributed by atoms with Crippen molar-refractivity contribution in [2.75, 3.05) is 38.6 Å². The van der Waals surface area contributed by atoms with Crippen LogP contribution in [-0.2, 0) is 12.8 Å². The number of anilines is 1. The highest BCUT2D eigenvalue weighted by molar-refractivity contribution is 5.96. The van der Waals surface area contributed by atoms with E-state index in [4.69, 9.17) is 4.98 Å². The van der Waals surface area contributed by atoms with Gasteiger partial charge < -0.3 is 15.5 Å². The highest BCUT2D eigenvalue weighted by atomic mass is 15.1. The van der Waals surface area contributed by atoms with E-state index in [0.717, 1.165) is 30.6 Å². The van der Waals surface area contributed by atoms with Crippen molar-refractivity contribution in [1.82, 2.24) is 15.6 Å². The molecule has 0 saturated carbocycles. The number of nitrogens with zero attached hydrogens (tertiary/aromatic N) is 2. The van der Waals surface area contributed by atoms with Gasteiger partial charge in [0, 0.05) is 36.8 Å². The summed E-state index contributed by atoms with van der Waals surface area (Å²) in [5, 5.41) is 7.25. The number of aryl methyl sites for hydroxylation is 1.